The standard InChI is InChI=1S/C16H15BrClN/c17-14-6-5-12(16(18)8-14)9-19-10-13-7-11-3-1-2-4-15(11)13/h1-6,8,13,19H,7,9-10H2. The van der Waals surface area contributed by atoms with Crippen LogP contribution in [0.5, 0.6) is 0 Å². The van der Waals surface area contributed by atoms with Gasteiger partial charge in [0.05, 0.1) is 0 Å². The summed E-state index contributed by atoms with van der Waals surface area (Å²) < 4.78 is 1.02. The molecule has 0 heterocycles. The Bertz CT molecular complexity index is 597. The van der Waals surface area contributed by atoms with Crippen molar-refractivity contribution in [3.63, 3.8) is 0 Å². The minimum atomic E-state index is 0.658. The molecule has 0 fully saturated rings. The molecule has 0 bridgehead atoms. The molecule has 0 saturated carbocycles. The highest BCUT2D eigenvalue weighted by atomic mass is 79.9. The van der Waals surface area contributed by atoms with Crippen LogP contribution in [0.4, 0.5) is 0 Å². The predicted molar refractivity (Wildman–Crippen MR) is 83.7 cm³/mol. The topological polar surface area (TPSA) is 12.0 Å². The second-order valence-electron chi connectivity index (χ2n) is 4.97. The molecule has 3 rings (SSSR count). The van der Waals surface area contributed by atoms with Crippen LogP contribution in [-0.2, 0) is 13.0 Å². The Kier molecular flexibility index (Phi) is 3.92. The predicted octanol–water partition coefficient (Wildman–Crippen LogP) is 4.53. The van der Waals surface area contributed by atoms with Crippen molar-refractivity contribution in [1.29, 1.82) is 0 Å². The summed E-state index contributed by atoms with van der Waals surface area (Å²) in [5, 5.41) is 4.32. The third kappa shape index (κ3) is 2.86. The van der Waals surface area contributed by atoms with Crippen molar-refractivity contribution in [3.8, 4) is 0 Å². The number of halogens is 2. The van der Waals surface area contributed by atoms with E-state index in [1.807, 2.05) is 12.1 Å². The van der Waals surface area contributed by atoms with Gasteiger partial charge in [-0.2, -0.15) is 0 Å². The largest absolute Gasteiger partial charge is 0.312 e. The van der Waals surface area contributed by atoms with Crippen LogP contribution in [0, 0.1) is 0 Å². The summed E-state index contributed by atoms with van der Waals surface area (Å²) in [5.41, 5.74) is 4.14. The quantitative estimate of drug-likeness (QED) is 0.865. The van der Waals surface area contributed by atoms with E-state index in [1.165, 1.54) is 17.5 Å². The van der Waals surface area contributed by atoms with Crippen LogP contribution >= 0.6 is 27.5 Å². The zero-order chi connectivity index (χ0) is 13.2. The molecule has 0 aromatic heterocycles. The van der Waals surface area contributed by atoms with Crippen LogP contribution in [-0.4, -0.2) is 6.54 Å². The number of benzene rings is 2. The first-order chi connectivity index (χ1) is 9.24. The van der Waals surface area contributed by atoms with Gasteiger partial charge in [0.2, 0.25) is 0 Å². The summed E-state index contributed by atoms with van der Waals surface area (Å²) in [6.45, 7) is 1.84. The molecule has 1 aliphatic rings. The second kappa shape index (κ2) is 5.66. The van der Waals surface area contributed by atoms with Crippen molar-refractivity contribution in [1.82, 2.24) is 5.32 Å². The number of rotatable bonds is 4. The number of nitrogens with one attached hydrogen (secondary N) is 1. The van der Waals surface area contributed by atoms with Crippen LogP contribution in [0.25, 0.3) is 0 Å². The van der Waals surface area contributed by atoms with Crippen molar-refractivity contribution < 1.29 is 0 Å². The fourth-order valence-electron chi connectivity index (χ4n) is 2.59. The molecule has 1 unspecified atom stereocenters. The van der Waals surface area contributed by atoms with Gasteiger partial charge in [0.1, 0.15) is 0 Å². The average molecular weight is 337 g/mol. The van der Waals surface area contributed by atoms with Crippen LogP contribution in [0.15, 0.2) is 46.9 Å². The maximum absolute atomic E-state index is 6.20. The third-order valence-corrected chi connectivity index (χ3v) is 4.53. The number of fused-ring (bicyclic) bond motifs is 1. The van der Waals surface area contributed by atoms with Gasteiger partial charge in [-0.3, -0.25) is 0 Å². The summed E-state index contributed by atoms with van der Waals surface area (Å²) in [6.07, 6.45) is 1.19. The second-order valence-corrected chi connectivity index (χ2v) is 6.29. The van der Waals surface area contributed by atoms with Gasteiger partial charge in [-0.25, -0.2) is 0 Å². The zero-order valence-corrected chi connectivity index (χ0v) is 12.8. The fraction of sp³-hybridized carbons (Fsp3) is 0.250. The molecule has 0 spiro atoms. The van der Waals surface area contributed by atoms with Gasteiger partial charge in [0.25, 0.3) is 0 Å². The van der Waals surface area contributed by atoms with E-state index in [2.05, 4.69) is 51.6 Å². The van der Waals surface area contributed by atoms with Crippen LogP contribution < -0.4 is 5.32 Å². The minimum Gasteiger partial charge on any atom is -0.312 e. The Morgan fingerprint density at radius 1 is 1.21 bits per heavy atom. The Labute approximate surface area is 127 Å². The highest BCUT2D eigenvalue weighted by Gasteiger charge is 2.24. The lowest BCUT2D eigenvalue weighted by molar-refractivity contribution is 0.536. The molecule has 2 aromatic carbocycles. The Balaban J connectivity index is 1.55. The van der Waals surface area contributed by atoms with Gasteiger partial charge >= 0.3 is 0 Å². The molecule has 19 heavy (non-hydrogen) atoms. The van der Waals surface area contributed by atoms with Crippen LogP contribution in [0.1, 0.15) is 22.6 Å². The zero-order valence-electron chi connectivity index (χ0n) is 10.5. The maximum Gasteiger partial charge on any atom is 0.0462 e. The highest BCUT2D eigenvalue weighted by molar-refractivity contribution is 9.10. The van der Waals surface area contributed by atoms with Crippen molar-refractivity contribution in [2.24, 2.45) is 0 Å². The van der Waals surface area contributed by atoms with E-state index in [9.17, 15) is 0 Å². The monoisotopic (exact) mass is 335 g/mol. The summed E-state index contributed by atoms with van der Waals surface area (Å²) in [4.78, 5) is 0. The number of hydrogen-bond acceptors (Lipinski definition) is 1. The van der Waals surface area contributed by atoms with Crippen molar-refractivity contribution in [3.05, 3.63) is 68.7 Å². The molecule has 1 atom stereocenters. The lowest BCUT2D eigenvalue weighted by Gasteiger charge is -2.30. The molecule has 98 valence electrons. The van der Waals surface area contributed by atoms with Gasteiger partial charge in [-0.05, 0) is 35.2 Å². The SMILES string of the molecule is Clc1cc(Br)ccc1CNCC1Cc2ccccc21. The highest BCUT2D eigenvalue weighted by Crippen LogP contribution is 2.34. The fourth-order valence-corrected chi connectivity index (χ4v) is 3.33. The molecule has 3 heteroatoms. The van der Waals surface area contributed by atoms with Crippen molar-refractivity contribution >= 4 is 27.5 Å². The van der Waals surface area contributed by atoms with Gasteiger partial charge in [0, 0.05) is 28.5 Å². The first-order valence-corrected chi connectivity index (χ1v) is 7.63. The van der Waals surface area contributed by atoms with Gasteiger partial charge in [-0.15, -0.1) is 0 Å². The van der Waals surface area contributed by atoms with E-state index in [0.717, 1.165) is 28.1 Å². The summed E-state index contributed by atoms with van der Waals surface area (Å²) in [5.74, 6) is 0.658. The molecule has 0 aliphatic heterocycles. The molecule has 2 aromatic rings. The average Bonchev–Trinajstić information content (AvgIpc) is 2.37. The Morgan fingerprint density at radius 2 is 2.05 bits per heavy atom. The Hall–Kier alpha value is -0.830. The summed E-state index contributed by atoms with van der Waals surface area (Å²) >= 11 is 9.62. The van der Waals surface area contributed by atoms with E-state index in [-0.39, 0.29) is 0 Å². The molecule has 1 aliphatic carbocycles. The third-order valence-electron chi connectivity index (χ3n) is 3.68. The smallest absolute Gasteiger partial charge is 0.0462 e. The molecular weight excluding hydrogens is 322 g/mol. The van der Waals surface area contributed by atoms with E-state index < -0.39 is 0 Å². The number of hydrogen-bond donors (Lipinski definition) is 1. The lowest BCUT2D eigenvalue weighted by atomic mass is 9.77. The van der Waals surface area contributed by atoms with E-state index in [1.54, 1.807) is 0 Å². The van der Waals surface area contributed by atoms with Crippen molar-refractivity contribution in [2.45, 2.75) is 18.9 Å². The molecule has 0 amide bonds. The normalized spacial score (nSPS) is 16.8. The first-order valence-electron chi connectivity index (χ1n) is 6.46. The molecule has 1 nitrogen and oxygen atoms in total. The minimum absolute atomic E-state index is 0.658. The van der Waals surface area contributed by atoms with Gasteiger partial charge < -0.3 is 5.32 Å². The van der Waals surface area contributed by atoms with Gasteiger partial charge in [-0.1, -0.05) is 57.9 Å². The van der Waals surface area contributed by atoms with E-state index >= 15 is 0 Å². The summed E-state index contributed by atoms with van der Waals surface area (Å²) in [7, 11) is 0. The van der Waals surface area contributed by atoms with Gasteiger partial charge in [0.15, 0.2) is 0 Å². The van der Waals surface area contributed by atoms with E-state index in [0.29, 0.717) is 5.92 Å². The maximum atomic E-state index is 6.20. The molecule has 1 N–H and O–H groups in total. The molecule has 0 radical (unpaired) electrons. The van der Waals surface area contributed by atoms with Crippen molar-refractivity contribution in [2.75, 3.05) is 6.54 Å². The van der Waals surface area contributed by atoms with Crippen LogP contribution in [0.3, 0.4) is 0 Å². The van der Waals surface area contributed by atoms with Crippen LogP contribution in [0.2, 0.25) is 5.02 Å². The Morgan fingerprint density at radius 3 is 2.84 bits per heavy atom. The molecular formula is C16H15BrClN. The summed E-state index contributed by atoms with van der Waals surface area (Å²) in [6, 6.07) is 14.7. The van der Waals surface area contributed by atoms with E-state index in [4.69, 9.17) is 11.6 Å². The first kappa shape index (κ1) is 13.2. The lowest BCUT2D eigenvalue weighted by Crippen LogP contribution is -2.28. The molecule has 0 saturated heterocycles.